The van der Waals surface area contributed by atoms with Crippen LogP contribution in [0.5, 0.6) is 0 Å². The van der Waals surface area contributed by atoms with E-state index in [1.165, 1.54) is 0 Å². The van der Waals surface area contributed by atoms with Gasteiger partial charge >= 0.3 is 5.97 Å². The normalized spacial score (nSPS) is 14.6. The van der Waals surface area contributed by atoms with Crippen LogP contribution < -0.4 is 0 Å². The lowest BCUT2D eigenvalue weighted by Crippen LogP contribution is -2.34. The highest BCUT2D eigenvalue weighted by Gasteiger charge is 2.32. The van der Waals surface area contributed by atoms with Crippen molar-refractivity contribution in [2.24, 2.45) is 0 Å². The predicted octanol–water partition coefficient (Wildman–Crippen LogP) is 1.73. The van der Waals surface area contributed by atoms with E-state index in [-0.39, 0.29) is 11.9 Å². The van der Waals surface area contributed by atoms with Crippen LogP contribution in [0, 0.1) is 0 Å². The van der Waals surface area contributed by atoms with Gasteiger partial charge in [0.2, 0.25) is 5.91 Å². The minimum absolute atomic E-state index is 0.175. The van der Waals surface area contributed by atoms with Crippen molar-refractivity contribution < 1.29 is 14.3 Å². The monoisotopic (exact) mass is 227 g/mol. The number of esters is 1. The molecule has 0 aromatic heterocycles. The van der Waals surface area contributed by atoms with Crippen LogP contribution in [-0.2, 0) is 14.3 Å². The summed E-state index contributed by atoms with van der Waals surface area (Å²) in [5.74, 6) is -0.0354. The smallest absolute Gasteiger partial charge is 0.307 e. The summed E-state index contributed by atoms with van der Waals surface area (Å²) in [6, 6.07) is 0.383. The van der Waals surface area contributed by atoms with Gasteiger partial charge in [-0.2, -0.15) is 0 Å². The van der Waals surface area contributed by atoms with Crippen LogP contribution in [0.4, 0.5) is 0 Å². The van der Waals surface area contributed by atoms with Gasteiger partial charge in [-0.15, -0.1) is 0 Å². The molecule has 0 aromatic carbocycles. The standard InChI is InChI=1S/C12H21NO3/c1-3-5-11(14)13(10-6-7-10)9-8-12(15)16-4-2/h10H,3-9H2,1-2H3. The summed E-state index contributed by atoms with van der Waals surface area (Å²) in [5.41, 5.74) is 0. The van der Waals surface area contributed by atoms with Gasteiger partial charge in [0.1, 0.15) is 0 Å². The lowest BCUT2D eigenvalue weighted by molar-refractivity contribution is -0.144. The maximum Gasteiger partial charge on any atom is 0.307 e. The Balaban J connectivity index is 2.33. The molecule has 0 aromatic rings. The van der Waals surface area contributed by atoms with E-state index < -0.39 is 0 Å². The molecule has 0 radical (unpaired) electrons. The second kappa shape index (κ2) is 6.51. The number of rotatable bonds is 7. The molecule has 0 atom stereocenters. The maximum atomic E-state index is 11.8. The molecule has 4 heteroatoms. The van der Waals surface area contributed by atoms with Gasteiger partial charge in [-0.25, -0.2) is 0 Å². The van der Waals surface area contributed by atoms with Gasteiger partial charge in [0.05, 0.1) is 13.0 Å². The second-order valence-electron chi connectivity index (χ2n) is 4.12. The Labute approximate surface area is 96.9 Å². The summed E-state index contributed by atoms with van der Waals surface area (Å²) in [4.78, 5) is 24.8. The van der Waals surface area contributed by atoms with Crippen molar-refractivity contribution >= 4 is 11.9 Å². The SMILES string of the molecule is CCCC(=O)N(CCC(=O)OCC)C1CC1. The van der Waals surface area contributed by atoms with Gasteiger partial charge in [-0.1, -0.05) is 6.92 Å². The van der Waals surface area contributed by atoms with E-state index in [9.17, 15) is 9.59 Å². The van der Waals surface area contributed by atoms with Crippen LogP contribution >= 0.6 is 0 Å². The van der Waals surface area contributed by atoms with Gasteiger partial charge in [0, 0.05) is 19.0 Å². The molecular formula is C12H21NO3. The van der Waals surface area contributed by atoms with Crippen LogP contribution in [0.15, 0.2) is 0 Å². The third-order valence-electron chi connectivity index (χ3n) is 2.63. The van der Waals surface area contributed by atoms with E-state index in [2.05, 4.69) is 0 Å². The van der Waals surface area contributed by atoms with Gasteiger partial charge in [0.15, 0.2) is 0 Å². The Kier molecular flexibility index (Phi) is 5.29. The highest BCUT2D eigenvalue weighted by molar-refractivity contribution is 5.77. The Morgan fingerprint density at radius 2 is 1.94 bits per heavy atom. The van der Waals surface area contributed by atoms with Crippen LogP contribution in [0.25, 0.3) is 0 Å². The molecule has 4 nitrogen and oxygen atoms in total. The predicted molar refractivity (Wildman–Crippen MR) is 60.9 cm³/mol. The first kappa shape index (κ1) is 13.0. The second-order valence-corrected chi connectivity index (χ2v) is 4.12. The first-order valence-corrected chi connectivity index (χ1v) is 6.14. The summed E-state index contributed by atoms with van der Waals surface area (Å²) in [6.45, 7) is 4.71. The number of carbonyl (C=O) groups is 2. The molecule has 1 rings (SSSR count). The molecule has 0 aliphatic heterocycles. The minimum atomic E-state index is -0.211. The number of amides is 1. The fourth-order valence-corrected chi connectivity index (χ4v) is 1.70. The Bertz CT molecular complexity index is 249. The molecule has 1 aliphatic carbocycles. The van der Waals surface area contributed by atoms with Crippen LogP contribution in [0.1, 0.15) is 46.0 Å². The van der Waals surface area contributed by atoms with E-state index in [0.29, 0.717) is 32.0 Å². The van der Waals surface area contributed by atoms with Crippen molar-refractivity contribution in [3.8, 4) is 0 Å². The van der Waals surface area contributed by atoms with E-state index >= 15 is 0 Å². The summed E-state index contributed by atoms with van der Waals surface area (Å²) < 4.78 is 4.86. The lowest BCUT2D eigenvalue weighted by Gasteiger charge is -2.21. The van der Waals surface area contributed by atoms with Crippen molar-refractivity contribution in [2.75, 3.05) is 13.2 Å². The van der Waals surface area contributed by atoms with E-state index in [1.807, 2.05) is 11.8 Å². The third-order valence-corrected chi connectivity index (χ3v) is 2.63. The van der Waals surface area contributed by atoms with Crippen LogP contribution in [0.3, 0.4) is 0 Å². The van der Waals surface area contributed by atoms with Crippen molar-refractivity contribution in [2.45, 2.75) is 52.0 Å². The molecule has 1 saturated carbocycles. The average molecular weight is 227 g/mol. The van der Waals surface area contributed by atoms with Gasteiger partial charge in [-0.05, 0) is 26.2 Å². The van der Waals surface area contributed by atoms with Crippen molar-refractivity contribution in [3.05, 3.63) is 0 Å². The van der Waals surface area contributed by atoms with E-state index in [4.69, 9.17) is 4.74 Å². The number of ether oxygens (including phenoxy) is 1. The van der Waals surface area contributed by atoms with E-state index in [0.717, 1.165) is 19.3 Å². The van der Waals surface area contributed by atoms with E-state index in [1.54, 1.807) is 6.92 Å². The van der Waals surface area contributed by atoms with Crippen molar-refractivity contribution in [1.29, 1.82) is 0 Å². The molecule has 0 N–H and O–H groups in total. The summed E-state index contributed by atoms with van der Waals surface area (Å²) in [5, 5.41) is 0. The molecule has 16 heavy (non-hydrogen) atoms. The molecule has 1 amide bonds. The molecule has 1 fully saturated rings. The first-order valence-electron chi connectivity index (χ1n) is 6.14. The Morgan fingerprint density at radius 1 is 1.25 bits per heavy atom. The molecule has 1 aliphatic rings. The lowest BCUT2D eigenvalue weighted by atomic mass is 10.2. The largest absolute Gasteiger partial charge is 0.466 e. The molecule has 0 unspecified atom stereocenters. The third kappa shape index (κ3) is 4.21. The zero-order valence-electron chi connectivity index (χ0n) is 10.2. The molecule has 0 heterocycles. The fraction of sp³-hybridized carbons (Fsp3) is 0.833. The summed E-state index contributed by atoms with van der Waals surface area (Å²) in [7, 11) is 0. The molecule has 0 saturated heterocycles. The molecule has 0 spiro atoms. The molecule has 92 valence electrons. The highest BCUT2D eigenvalue weighted by Crippen LogP contribution is 2.27. The zero-order chi connectivity index (χ0) is 12.0. The van der Waals surface area contributed by atoms with Gasteiger partial charge in [0.25, 0.3) is 0 Å². The molecular weight excluding hydrogens is 206 g/mol. The number of nitrogens with zero attached hydrogens (tertiary/aromatic N) is 1. The minimum Gasteiger partial charge on any atom is -0.466 e. The first-order chi connectivity index (χ1) is 7.69. The maximum absolute atomic E-state index is 11.8. The fourth-order valence-electron chi connectivity index (χ4n) is 1.70. The number of carbonyl (C=O) groups excluding carboxylic acids is 2. The van der Waals surface area contributed by atoms with Crippen molar-refractivity contribution in [1.82, 2.24) is 4.90 Å². The summed E-state index contributed by atoms with van der Waals surface area (Å²) >= 11 is 0. The zero-order valence-corrected chi connectivity index (χ0v) is 10.2. The van der Waals surface area contributed by atoms with Crippen LogP contribution in [-0.4, -0.2) is 36.0 Å². The van der Waals surface area contributed by atoms with Crippen LogP contribution in [0.2, 0.25) is 0 Å². The van der Waals surface area contributed by atoms with Gasteiger partial charge in [-0.3, -0.25) is 9.59 Å². The topological polar surface area (TPSA) is 46.6 Å². The summed E-state index contributed by atoms with van der Waals surface area (Å²) in [6.07, 6.45) is 3.93. The molecule has 0 bridgehead atoms. The van der Waals surface area contributed by atoms with Crippen molar-refractivity contribution in [3.63, 3.8) is 0 Å². The Hall–Kier alpha value is -1.06. The highest BCUT2D eigenvalue weighted by atomic mass is 16.5. The Morgan fingerprint density at radius 3 is 2.44 bits per heavy atom. The van der Waals surface area contributed by atoms with Gasteiger partial charge < -0.3 is 9.64 Å². The number of hydrogen-bond acceptors (Lipinski definition) is 3. The average Bonchev–Trinajstić information content (AvgIpc) is 3.03. The quantitative estimate of drug-likeness (QED) is 0.622. The number of hydrogen-bond donors (Lipinski definition) is 0.